The summed E-state index contributed by atoms with van der Waals surface area (Å²) in [6.45, 7) is 3.85. The average Bonchev–Trinajstić information content (AvgIpc) is 2.47. The number of nitrogens with two attached hydrogens (primary N) is 1. The second-order valence-corrected chi connectivity index (χ2v) is 5.82. The van der Waals surface area contributed by atoms with E-state index in [9.17, 15) is 20.0 Å². The number of aliphatic hydroxyl groups is 1. The summed E-state index contributed by atoms with van der Waals surface area (Å²) in [6, 6.07) is 4.35. The number of likely N-dealkylation sites (tertiary alicyclic amines) is 1. The maximum Gasteiger partial charge on any atom is 0.274 e. The molecule has 1 fully saturated rings. The van der Waals surface area contributed by atoms with Gasteiger partial charge >= 0.3 is 0 Å². The Morgan fingerprint density at radius 1 is 1.50 bits per heavy atom. The highest BCUT2D eigenvalue weighted by atomic mass is 16.6. The first kappa shape index (κ1) is 16.4. The largest absolute Gasteiger partial charge is 0.393 e. The van der Waals surface area contributed by atoms with Crippen LogP contribution in [0, 0.1) is 16.0 Å². The molecule has 1 aliphatic heterocycles. The number of carbonyl (C=O) groups is 1. The average molecular weight is 307 g/mol. The van der Waals surface area contributed by atoms with Crippen LogP contribution in [0.25, 0.3) is 0 Å². The summed E-state index contributed by atoms with van der Waals surface area (Å²) in [7, 11) is 0. The Balaban J connectivity index is 2.10. The maximum atomic E-state index is 11.2. The van der Waals surface area contributed by atoms with E-state index in [1.807, 2.05) is 0 Å². The fourth-order valence-corrected chi connectivity index (χ4v) is 2.86. The summed E-state index contributed by atoms with van der Waals surface area (Å²) >= 11 is 0. The topological polar surface area (TPSA) is 110 Å². The molecule has 1 aromatic rings. The molecule has 7 heteroatoms. The fourth-order valence-electron chi connectivity index (χ4n) is 2.86. The molecule has 1 unspecified atom stereocenters. The van der Waals surface area contributed by atoms with Gasteiger partial charge in [-0.3, -0.25) is 19.8 Å². The summed E-state index contributed by atoms with van der Waals surface area (Å²) < 4.78 is 0. The van der Waals surface area contributed by atoms with Crippen LogP contribution in [0.5, 0.6) is 0 Å². The first-order chi connectivity index (χ1) is 10.4. The minimum Gasteiger partial charge on any atom is -0.393 e. The fraction of sp³-hybridized carbons (Fsp3) is 0.533. The van der Waals surface area contributed by atoms with Gasteiger partial charge in [-0.15, -0.1) is 0 Å². The molecule has 2 rings (SSSR count). The Hall–Kier alpha value is -1.99. The standard InChI is InChI=1S/C15H21N3O4/c1-10(19)11-4-6-17(7-5-11)9-13-3-2-12(15(16)20)8-14(13)18(21)22/h2-3,8,10-11,19H,4-7,9H2,1H3,(H2,16,20). The molecular formula is C15H21N3O4. The lowest BCUT2D eigenvalue weighted by atomic mass is 9.92. The molecule has 3 N–H and O–H groups in total. The number of rotatable bonds is 5. The molecule has 1 atom stereocenters. The highest BCUT2D eigenvalue weighted by molar-refractivity contribution is 5.93. The number of hydrogen-bond acceptors (Lipinski definition) is 5. The number of amides is 1. The molecule has 0 aromatic heterocycles. The quantitative estimate of drug-likeness (QED) is 0.629. The lowest BCUT2D eigenvalue weighted by Crippen LogP contribution is -2.36. The van der Waals surface area contributed by atoms with E-state index in [1.165, 1.54) is 12.1 Å². The van der Waals surface area contributed by atoms with Crippen molar-refractivity contribution in [3.05, 3.63) is 39.4 Å². The molecule has 1 aromatic carbocycles. The van der Waals surface area contributed by atoms with Crippen molar-refractivity contribution >= 4 is 11.6 Å². The smallest absolute Gasteiger partial charge is 0.274 e. The third kappa shape index (κ3) is 3.80. The molecule has 22 heavy (non-hydrogen) atoms. The Bertz CT molecular complexity index is 566. The third-order valence-electron chi connectivity index (χ3n) is 4.27. The van der Waals surface area contributed by atoms with Gasteiger partial charge in [0.1, 0.15) is 0 Å². The van der Waals surface area contributed by atoms with Gasteiger partial charge in [0, 0.05) is 23.7 Å². The molecule has 7 nitrogen and oxygen atoms in total. The van der Waals surface area contributed by atoms with Gasteiger partial charge in [-0.1, -0.05) is 6.07 Å². The van der Waals surface area contributed by atoms with E-state index in [-0.39, 0.29) is 17.4 Å². The van der Waals surface area contributed by atoms with Gasteiger partial charge in [-0.25, -0.2) is 0 Å². The number of piperidine rings is 1. The highest BCUT2D eigenvalue weighted by Gasteiger charge is 2.25. The second kappa shape index (κ2) is 6.85. The van der Waals surface area contributed by atoms with Gasteiger partial charge in [0.15, 0.2) is 0 Å². The third-order valence-corrected chi connectivity index (χ3v) is 4.27. The summed E-state index contributed by atoms with van der Waals surface area (Å²) in [6.07, 6.45) is 1.45. The number of aliphatic hydroxyl groups excluding tert-OH is 1. The van der Waals surface area contributed by atoms with Gasteiger partial charge < -0.3 is 10.8 Å². The minimum absolute atomic E-state index is 0.0750. The number of benzene rings is 1. The van der Waals surface area contributed by atoms with Gasteiger partial charge in [-0.05, 0) is 44.8 Å². The van der Waals surface area contributed by atoms with Crippen LogP contribution in [-0.2, 0) is 6.54 Å². The Morgan fingerprint density at radius 3 is 2.64 bits per heavy atom. The van der Waals surface area contributed by atoms with Crippen molar-refractivity contribution < 1.29 is 14.8 Å². The van der Waals surface area contributed by atoms with Crippen molar-refractivity contribution in [1.82, 2.24) is 4.90 Å². The summed E-state index contributed by atoms with van der Waals surface area (Å²) in [5.41, 5.74) is 5.81. The molecule has 120 valence electrons. The molecule has 1 aliphatic rings. The van der Waals surface area contributed by atoms with Crippen LogP contribution in [0.3, 0.4) is 0 Å². The molecular weight excluding hydrogens is 286 g/mol. The van der Waals surface area contributed by atoms with Crippen LogP contribution in [0.1, 0.15) is 35.7 Å². The Kier molecular flexibility index (Phi) is 5.10. The molecule has 0 radical (unpaired) electrons. The monoisotopic (exact) mass is 307 g/mol. The number of hydrogen-bond donors (Lipinski definition) is 2. The molecule has 0 aliphatic carbocycles. The Labute approximate surface area is 128 Å². The van der Waals surface area contributed by atoms with Crippen LogP contribution in [0.2, 0.25) is 0 Å². The van der Waals surface area contributed by atoms with Crippen LogP contribution >= 0.6 is 0 Å². The van der Waals surface area contributed by atoms with E-state index < -0.39 is 10.8 Å². The lowest BCUT2D eigenvalue weighted by molar-refractivity contribution is -0.385. The van der Waals surface area contributed by atoms with Crippen LogP contribution < -0.4 is 5.73 Å². The molecule has 0 spiro atoms. The van der Waals surface area contributed by atoms with E-state index in [2.05, 4.69) is 4.90 Å². The van der Waals surface area contributed by atoms with Crippen molar-refractivity contribution in [3.63, 3.8) is 0 Å². The Morgan fingerprint density at radius 2 is 2.14 bits per heavy atom. The zero-order valence-corrected chi connectivity index (χ0v) is 12.6. The predicted octanol–water partition coefficient (Wildman–Crippen LogP) is 1.29. The maximum absolute atomic E-state index is 11.2. The molecule has 0 saturated carbocycles. The van der Waals surface area contributed by atoms with E-state index in [4.69, 9.17) is 5.73 Å². The van der Waals surface area contributed by atoms with Gasteiger partial charge in [0.25, 0.3) is 5.69 Å². The number of carbonyl (C=O) groups excluding carboxylic acids is 1. The predicted molar refractivity (Wildman–Crippen MR) is 81.3 cm³/mol. The number of nitro groups is 1. The van der Waals surface area contributed by atoms with Crippen molar-refractivity contribution in [3.8, 4) is 0 Å². The summed E-state index contributed by atoms with van der Waals surface area (Å²) in [4.78, 5) is 24.0. The highest BCUT2D eigenvalue weighted by Crippen LogP contribution is 2.26. The van der Waals surface area contributed by atoms with Gasteiger partial charge in [0.2, 0.25) is 5.91 Å². The first-order valence-electron chi connectivity index (χ1n) is 7.36. The van der Waals surface area contributed by atoms with Crippen LogP contribution in [0.15, 0.2) is 18.2 Å². The van der Waals surface area contributed by atoms with Crippen molar-refractivity contribution in [2.24, 2.45) is 11.7 Å². The van der Waals surface area contributed by atoms with Crippen LogP contribution in [0.4, 0.5) is 5.69 Å². The van der Waals surface area contributed by atoms with Gasteiger partial charge in [0.05, 0.1) is 11.0 Å². The second-order valence-electron chi connectivity index (χ2n) is 5.82. The molecule has 1 saturated heterocycles. The van der Waals surface area contributed by atoms with Crippen molar-refractivity contribution in [2.45, 2.75) is 32.4 Å². The van der Waals surface area contributed by atoms with E-state index in [0.717, 1.165) is 25.9 Å². The van der Waals surface area contributed by atoms with Crippen LogP contribution in [-0.4, -0.2) is 40.0 Å². The van der Waals surface area contributed by atoms with E-state index in [1.54, 1.807) is 13.0 Å². The molecule has 1 amide bonds. The normalized spacial score (nSPS) is 18.1. The van der Waals surface area contributed by atoms with Gasteiger partial charge in [-0.2, -0.15) is 0 Å². The molecule has 0 bridgehead atoms. The number of nitro benzene ring substituents is 1. The van der Waals surface area contributed by atoms with E-state index in [0.29, 0.717) is 18.0 Å². The number of nitrogens with zero attached hydrogens (tertiary/aromatic N) is 2. The number of primary amides is 1. The summed E-state index contributed by atoms with van der Waals surface area (Å²) in [5.74, 6) is -0.379. The van der Waals surface area contributed by atoms with E-state index >= 15 is 0 Å². The first-order valence-corrected chi connectivity index (χ1v) is 7.36. The zero-order chi connectivity index (χ0) is 16.3. The van der Waals surface area contributed by atoms with Crippen molar-refractivity contribution in [2.75, 3.05) is 13.1 Å². The summed E-state index contributed by atoms with van der Waals surface area (Å²) in [5, 5.41) is 20.8. The van der Waals surface area contributed by atoms with Crippen molar-refractivity contribution in [1.29, 1.82) is 0 Å². The minimum atomic E-state index is -0.674. The molecule has 1 heterocycles. The lowest BCUT2D eigenvalue weighted by Gasteiger charge is -2.33. The zero-order valence-electron chi connectivity index (χ0n) is 12.6. The SMILES string of the molecule is CC(O)C1CCN(Cc2ccc(C(N)=O)cc2[N+](=O)[O-])CC1.